The first kappa shape index (κ1) is 20.5. The van der Waals surface area contributed by atoms with Gasteiger partial charge in [0.2, 0.25) is 0 Å². The minimum absolute atomic E-state index is 0.124. The summed E-state index contributed by atoms with van der Waals surface area (Å²) in [5.74, 6) is 0.476. The van der Waals surface area contributed by atoms with Crippen LogP contribution in [0.4, 0.5) is 0 Å². The van der Waals surface area contributed by atoms with Crippen molar-refractivity contribution in [2.24, 2.45) is 4.99 Å². The van der Waals surface area contributed by atoms with E-state index >= 15 is 0 Å². The van der Waals surface area contributed by atoms with E-state index in [-0.39, 0.29) is 18.1 Å². The monoisotopic (exact) mass is 445 g/mol. The topological polar surface area (TPSA) is 89.7 Å². The highest BCUT2D eigenvalue weighted by molar-refractivity contribution is 7.86. The Bertz CT molecular complexity index is 1220. The maximum atomic E-state index is 11.7. The van der Waals surface area contributed by atoms with E-state index < -0.39 is 10.1 Å². The molecule has 1 aromatic heterocycles. The Labute approximate surface area is 179 Å². The van der Waals surface area contributed by atoms with E-state index in [1.165, 1.54) is 0 Å². The van der Waals surface area contributed by atoms with Crippen LogP contribution in [0.3, 0.4) is 0 Å². The van der Waals surface area contributed by atoms with Crippen molar-refractivity contribution < 1.29 is 12.6 Å². The fourth-order valence-electron chi connectivity index (χ4n) is 3.30. The molecule has 2 aromatic carbocycles. The Balaban J connectivity index is 1.95. The van der Waals surface area contributed by atoms with Crippen molar-refractivity contribution in [2.75, 3.05) is 20.4 Å². The predicted octanol–water partition coefficient (Wildman–Crippen LogP) is 2.76. The number of aromatic nitrogens is 3. The molecule has 1 atom stereocenters. The first-order valence-electron chi connectivity index (χ1n) is 9.13. The van der Waals surface area contributed by atoms with Gasteiger partial charge in [-0.05, 0) is 31.8 Å². The van der Waals surface area contributed by atoms with Crippen LogP contribution < -0.4 is 4.18 Å². The van der Waals surface area contributed by atoms with Gasteiger partial charge in [-0.15, -0.1) is 16.7 Å². The van der Waals surface area contributed by atoms with Gasteiger partial charge in [-0.1, -0.05) is 41.5 Å². The highest BCUT2D eigenvalue weighted by atomic mass is 35.5. The molecule has 8 nitrogen and oxygen atoms in total. The smallest absolute Gasteiger partial charge is 0.338 e. The lowest BCUT2D eigenvalue weighted by molar-refractivity contribution is 0.384. The van der Waals surface area contributed by atoms with Crippen LogP contribution in [0.2, 0.25) is 0 Å². The molecule has 10 heteroatoms. The van der Waals surface area contributed by atoms with Crippen LogP contribution in [0.5, 0.6) is 6.01 Å². The van der Waals surface area contributed by atoms with Crippen molar-refractivity contribution in [3.05, 3.63) is 71.0 Å². The molecule has 0 saturated heterocycles. The van der Waals surface area contributed by atoms with Crippen molar-refractivity contribution in [1.82, 2.24) is 19.7 Å². The average molecular weight is 446 g/mol. The highest BCUT2D eigenvalue weighted by Gasteiger charge is 2.26. The summed E-state index contributed by atoms with van der Waals surface area (Å²) in [4.78, 5) is 6.65. The quantitative estimate of drug-likeness (QED) is 0.341. The summed E-state index contributed by atoms with van der Waals surface area (Å²) in [5.41, 5.74) is 3.67. The fraction of sp³-hybridized carbons (Fsp3) is 0.250. The third-order valence-electron chi connectivity index (χ3n) is 4.60. The van der Waals surface area contributed by atoms with E-state index in [0.29, 0.717) is 11.5 Å². The van der Waals surface area contributed by atoms with E-state index in [9.17, 15) is 8.42 Å². The molecule has 0 saturated carbocycles. The summed E-state index contributed by atoms with van der Waals surface area (Å²) in [7, 11) is 0.00659. The van der Waals surface area contributed by atoms with E-state index in [4.69, 9.17) is 20.8 Å². The molecule has 4 rings (SSSR count). The van der Waals surface area contributed by atoms with Crippen LogP contribution in [0.25, 0.3) is 5.69 Å². The Morgan fingerprint density at radius 1 is 1.13 bits per heavy atom. The number of alkyl halides is 1. The zero-order chi connectivity index (χ0) is 21.5. The van der Waals surface area contributed by atoms with E-state index in [1.807, 2.05) is 67.5 Å². The van der Waals surface area contributed by atoms with Crippen LogP contribution in [0.15, 0.2) is 53.5 Å². The van der Waals surface area contributed by atoms with Gasteiger partial charge < -0.3 is 4.18 Å². The van der Waals surface area contributed by atoms with Gasteiger partial charge in [0.15, 0.2) is 5.82 Å². The average Bonchev–Trinajstić information content (AvgIpc) is 3.00. The van der Waals surface area contributed by atoms with Crippen LogP contribution in [0, 0.1) is 0 Å². The lowest BCUT2D eigenvalue weighted by atomic mass is 9.98. The third-order valence-corrected chi connectivity index (χ3v) is 5.69. The summed E-state index contributed by atoms with van der Waals surface area (Å²) < 4.78 is 30.1. The minimum Gasteiger partial charge on any atom is -0.343 e. The Morgan fingerprint density at radius 2 is 1.87 bits per heavy atom. The molecular weight excluding hydrogens is 426 g/mol. The van der Waals surface area contributed by atoms with Gasteiger partial charge >= 0.3 is 16.1 Å². The van der Waals surface area contributed by atoms with E-state index in [2.05, 4.69) is 10.2 Å². The van der Waals surface area contributed by atoms with Gasteiger partial charge in [0, 0.05) is 11.1 Å². The largest absolute Gasteiger partial charge is 0.343 e. The molecule has 30 heavy (non-hydrogen) atoms. The fourth-order valence-corrected chi connectivity index (χ4v) is 3.81. The second-order valence-corrected chi connectivity index (χ2v) is 9.12. The van der Waals surface area contributed by atoms with Crippen LogP contribution >= 0.6 is 11.6 Å². The molecule has 0 amide bonds. The molecule has 0 bridgehead atoms. The third kappa shape index (κ3) is 3.96. The van der Waals surface area contributed by atoms with Crippen molar-refractivity contribution in [1.29, 1.82) is 0 Å². The SMILES string of the molecule is CN(C)C(Cl)c1ccc2c(c1)C(c1ccccc1)=NCc1nnc(OS(C)(=O)=O)n1-2. The minimum atomic E-state index is -3.78. The summed E-state index contributed by atoms with van der Waals surface area (Å²) in [6, 6.07) is 15.3. The van der Waals surface area contributed by atoms with Gasteiger partial charge in [-0.2, -0.15) is 8.42 Å². The van der Waals surface area contributed by atoms with Crippen molar-refractivity contribution >= 4 is 27.4 Å². The summed E-state index contributed by atoms with van der Waals surface area (Å²) in [6.45, 7) is 0.215. The van der Waals surface area contributed by atoms with Crippen molar-refractivity contribution in [3.63, 3.8) is 0 Å². The molecule has 0 aliphatic carbocycles. The van der Waals surface area contributed by atoms with Gasteiger partial charge in [0.1, 0.15) is 12.0 Å². The number of hydrogen-bond donors (Lipinski definition) is 0. The number of fused-ring (bicyclic) bond motifs is 3. The standard InChI is InChI=1S/C20H20ClN5O3S/c1-25(2)19(21)14-9-10-16-15(11-14)18(13-7-5-4-6-8-13)22-12-17-23-24-20(26(16)17)29-30(3,27)28/h4-11,19H,12H2,1-3H3. The van der Waals surface area contributed by atoms with Crippen LogP contribution in [-0.4, -0.2) is 54.1 Å². The first-order chi connectivity index (χ1) is 14.2. The van der Waals surface area contributed by atoms with Gasteiger partial charge in [-0.3, -0.25) is 9.89 Å². The molecular formula is C20H20ClN5O3S. The predicted molar refractivity (Wildman–Crippen MR) is 115 cm³/mol. The molecule has 1 aliphatic rings. The molecule has 3 aromatic rings. The molecule has 2 heterocycles. The number of nitrogens with zero attached hydrogens (tertiary/aromatic N) is 5. The number of benzene rings is 2. The first-order valence-corrected chi connectivity index (χ1v) is 11.4. The second kappa shape index (κ2) is 7.82. The Hall–Kier alpha value is -2.75. The lowest BCUT2D eigenvalue weighted by Gasteiger charge is -2.20. The normalized spacial score (nSPS) is 14.5. The summed E-state index contributed by atoms with van der Waals surface area (Å²) in [6.07, 6.45) is 0.969. The summed E-state index contributed by atoms with van der Waals surface area (Å²) >= 11 is 6.57. The molecule has 1 unspecified atom stereocenters. The molecule has 0 spiro atoms. The Morgan fingerprint density at radius 3 is 2.53 bits per heavy atom. The number of halogens is 1. The lowest BCUT2D eigenvalue weighted by Crippen LogP contribution is -2.17. The molecule has 156 valence electrons. The molecule has 1 aliphatic heterocycles. The van der Waals surface area contributed by atoms with Gasteiger partial charge in [0.05, 0.1) is 17.7 Å². The molecule has 0 N–H and O–H groups in total. The van der Waals surface area contributed by atoms with E-state index in [0.717, 1.165) is 28.7 Å². The van der Waals surface area contributed by atoms with Crippen LogP contribution in [-0.2, 0) is 16.7 Å². The highest BCUT2D eigenvalue weighted by Crippen LogP contribution is 2.32. The zero-order valence-electron chi connectivity index (χ0n) is 16.7. The second-order valence-electron chi connectivity index (χ2n) is 7.13. The van der Waals surface area contributed by atoms with Gasteiger partial charge in [0.25, 0.3) is 0 Å². The van der Waals surface area contributed by atoms with Gasteiger partial charge in [-0.25, -0.2) is 4.57 Å². The Kier molecular flexibility index (Phi) is 5.35. The molecule has 0 radical (unpaired) electrons. The summed E-state index contributed by atoms with van der Waals surface area (Å²) in [5, 5.41) is 8.01. The van der Waals surface area contributed by atoms with Crippen molar-refractivity contribution in [3.8, 4) is 11.7 Å². The van der Waals surface area contributed by atoms with Crippen LogP contribution in [0.1, 0.15) is 28.0 Å². The maximum absolute atomic E-state index is 11.7. The number of aliphatic imine (C=N–C) groups is 1. The number of rotatable bonds is 5. The zero-order valence-corrected chi connectivity index (χ0v) is 18.2. The maximum Gasteiger partial charge on any atom is 0.338 e. The van der Waals surface area contributed by atoms with E-state index in [1.54, 1.807) is 4.57 Å². The number of hydrogen-bond acceptors (Lipinski definition) is 7. The molecule has 0 fully saturated rings. The van der Waals surface area contributed by atoms with Crippen molar-refractivity contribution in [2.45, 2.75) is 12.0 Å².